The number of carbonyl (C=O) groups is 1. The fourth-order valence-electron chi connectivity index (χ4n) is 2.57. The van der Waals surface area contributed by atoms with Crippen molar-refractivity contribution >= 4 is 12.1 Å². The quantitative estimate of drug-likeness (QED) is 0.612. The molecule has 1 saturated heterocycles. The number of hydrazone groups is 1. The predicted molar refractivity (Wildman–Crippen MR) is 91.0 cm³/mol. The Morgan fingerprint density at radius 2 is 2.00 bits per heavy atom. The van der Waals surface area contributed by atoms with Crippen molar-refractivity contribution in [1.82, 2.24) is 10.4 Å². The first-order chi connectivity index (χ1) is 11.8. The molecular weight excluding hydrogens is 304 g/mol. The summed E-state index contributed by atoms with van der Waals surface area (Å²) >= 11 is 0. The van der Waals surface area contributed by atoms with Gasteiger partial charge in [-0.25, -0.2) is 5.43 Å². The minimum atomic E-state index is -0.229. The number of ether oxygens (including phenoxy) is 1. The van der Waals surface area contributed by atoms with Crippen LogP contribution in [0.5, 0.6) is 0 Å². The number of rotatable bonds is 5. The van der Waals surface area contributed by atoms with Crippen LogP contribution in [0.25, 0.3) is 0 Å². The Hall–Kier alpha value is -2.57. The zero-order valence-electron chi connectivity index (χ0n) is 13.4. The monoisotopic (exact) mass is 325 g/mol. The summed E-state index contributed by atoms with van der Waals surface area (Å²) in [4.78, 5) is 17.7. The maximum absolute atomic E-state index is 12.1. The van der Waals surface area contributed by atoms with E-state index in [1.807, 2.05) is 42.5 Å². The van der Waals surface area contributed by atoms with Gasteiger partial charge in [0.05, 0.1) is 25.1 Å². The van der Waals surface area contributed by atoms with Crippen LogP contribution in [0.2, 0.25) is 0 Å². The molecule has 1 aromatic heterocycles. The maximum atomic E-state index is 12.1. The van der Waals surface area contributed by atoms with E-state index in [0.29, 0.717) is 11.3 Å². The number of morpholine rings is 1. The number of benzene rings is 1. The first-order valence-electron chi connectivity index (χ1n) is 8.06. The van der Waals surface area contributed by atoms with Crippen LogP contribution in [-0.4, -0.2) is 43.4 Å². The molecule has 3 rings (SSSR count). The van der Waals surface area contributed by atoms with Gasteiger partial charge in [0, 0.05) is 17.3 Å². The van der Waals surface area contributed by atoms with Crippen LogP contribution in [0, 0.1) is 0 Å². The van der Waals surface area contributed by atoms with E-state index < -0.39 is 0 Å². The molecule has 1 aliphatic heterocycles. The normalized spacial score (nSPS) is 15.5. The molecule has 0 unspecified atom stereocenters. The number of amides is 1. The topological polar surface area (TPSA) is 68.0 Å². The van der Waals surface area contributed by atoms with Crippen LogP contribution < -0.4 is 10.3 Å². The first-order valence-corrected chi connectivity index (χ1v) is 8.06. The summed E-state index contributed by atoms with van der Waals surface area (Å²) in [5.74, 6) is -0.229. The van der Waals surface area contributed by atoms with Crippen LogP contribution in [0.1, 0.15) is 21.6 Å². The van der Waals surface area contributed by atoms with Gasteiger partial charge >= 0.3 is 0 Å². The van der Waals surface area contributed by atoms with Crippen LogP contribution in [0.4, 0.5) is 0 Å². The highest BCUT2D eigenvalue weighted by Gasteiger charge is 2.14. The molecule has 1 fully saturated rings. The van der Waals surface area contributed by atoms with Crippen molar-refractivity contribution in [2.24, 2.45) is 5.10 Å². The Balaban J connectivity index is 1.52. The summed E-state index contributed by atoms with van der Waals surface area (Å²) in [6.45, 7) is 4.67. The molecule has 0 spiro atoms. The van der Waals surface area contributed by atoms with Gasteiger partial charge in [-0.05, 0) is 24.3 Å². The van der Waals surface area contributed by atoms with Crippen molar-refractivity contribution in [2.45, 2.75) is 6.54 Å². The third-order valence-corrected chi connectivity index (χ3v) is 3.92. The van der Waals surface area contributed by atoms with Gasteiger partial charge in [-0.15, -0.1) is 0 Å². The summed E-state index contributed by atoms with van der Waals surface area (Å²) in [7, 11) is 0. The molecule has 1 aliphatic rings. The van der Waals surface area contributed by atoms with Crippen LogP contribution in [0.3, 0.4) is 0 Å². The number of quaternary nitrogens is 1. The molecule has 1 amide bonds. The van der Waals surface area contributed by atoms with Crippen molar-refractivity contribution in [2.75, 3.05) is 26.3 Å². The molecule has 2 aromatic rings. The van der Waals surface area contributed by atoms with Crippen molar-refractivity contribution in [1.29, 1.82) is 0 Å². The zero-order chi connectivity index (χ0) is 16.6. The number of hydrogen-bond acceptors (Lipinski definition) is 4. The minimum absolute atomic E-state index is 0.229. The number of pyridine rings is 1. The van der Waals surface area contributed by atoms with Gasteiger partial charge in [-0.3, -0.25) is 9.78 Å². The van der Waals surface area contributed by atoms with E-state index in [0.717, 1.165) is 32.8 Å². The summed E-state index contributed by atoms with van der Waals surface area (Å²) in [6.07, 6.45) is 3.20. The van der Waals surface area contributed by atoms with E-state index in [1.165, 1.54) is 16.7 Å². The average molecular weight is 325 g/mol. The minimum Gasteiger partial charge on any atom is -0.370 e. The Labute approximate surface area is 141 Å². The van der Waals surface area contributed by atoms with Crippen molar-refractivity contribution in [3.8, 4) is 0 Å². The number of hydrogen-bond donors (Lipinski definition) is 2. The first kappa shape index (κ1) is 16.3. The molecule has 24 heavy (non-hydrogen) atoms. The Kier molecular flexibility index (Phi) is 5.65. The molecule has 0 radical (unpaired) electrons. The third kappa shape index (κ3) is 4.71. The molecule has 0 atom stereocenters. The van der Waals surface area contributed by atoms with E-state index in [2.05, 4.69) is 15.5 Å². The van der Waals surface area contributed by atoms with Crippen molar-refractivity contribution < 1.29 is 14.4 Å². The molecule has 124 valence electrons. The summed E-state index contributed by atoms with van der Waals surface area (Å²) in [6, 6.07) is 13.2. The number of nitrogens with zero attached hydrogens (tertiary/aromatic N) is 2. The molecule has 2 heterocycles. The van der Waals surface area contributed by atoms with Gasteiger partial charge in [0.15, 0.2) is 0 Å². The average Bonchev–Trinajstić information content (AvgIpc) is 2.64. The Morgan fingerprint density at radius 3 is 2.71 bits per heavy atom. The lowest BCUT2D eigenvalue weighted by atomic mass is 10.1. The summed E-state index contributed by atoms with van der Waals surface area (Å²) in [5.41, 5.74) is 5.03. The molecule has 2 N–H and O–H groups in total. The lowest BCUT2D eigenvalue weighted by Crippen LogP contribution is -3.12. The van der Waals surface area contributed by atoms with Gasteiger partial charge in [0.2, 0.25) is 0 Å². The van der Waals surface area contributed by atoms with E-state index in [1.54, 1.807) is 6.20 Å². The van der Waals surface area contributed by atoms with Crippen LogP contribution >= 0.6 is 0 Å². The van der Waals surface area contributed by atoms with Crippen molar-refractivity contribution in [3.05, 3.63) is 65.5 Å². The van der Waals surface area contributed by atoms with E-state index in [4.69, 9.17) is 4.74 Å². The van der Waals surface area contributed by atoms with E-state index in [9.17, 15) is 4.79 Å². The second-order valence-corrected chi connectivity index (χ2v) is 5.69. The maximum Gasteiger partial charge on any atom is 0.271 e. The van der Waals surface area contributed by atoms with Gasteiger partial charge < -0.3 is 9.64 Å². The van der Waals surface area contributed by atoms with Crippen LogP contribution in [-0.2, 0) is 11.3 Å². The molecule has 6 heteroatoms. The second kappa shape index (κ2) is 8.33. The Bertz CT molecular complexity index is 680. The van der Waals surface area contributed by atoms with Gasteiger partial charge in [0.1, 0.15) is 19.6 Å². The SMILES string of the molecule is O=C(N/N=C\c1ccccn1)c1ccc(C[NH+]2CCOCC2)cc1. The van der Waals surface area contributed by atoms with E-state index >= 15 is 0 Å². The zero-order valence-corrected chi connectivity index (χ0v) is 13.4. The van der Waals surface area contributed by atoms with Crippen molar-refractivity contribution in [3.63, 3.8) is 0 Å². The molecule has 6 nitrogen and oxygen atoms in total. The largest absolute Gasteiger partial charge is 0.370 e. The lowest BCUT2D eigenvalue weighted by Gasteiger charge is -2.23. The third-order valence-electron chi connectivity index (χ3n) is 3.92. The number of carbonyl (C=O) groups excluding carboxylic acids is 1. The van der Waals surface area contributed by atoms with Crippen LogP contribution in [0.15, 0.2) is 53.8 Å². The summed E-state index contributed by atoms with van der Waals surface area (Å²) in [5, 5.41) is 3.93. The molecule has 1 aromatic carbocycles. The molecule has 0 saturated carbocycles. The fraction of sp³-hybridized carbons (Fsp3) is 0.278. The molecule has 0 aliphatic carbocycles. The predicted octanol–water partition coefficient (Wildman–Crippen LogP) is 0.261. The standard InChI is InChI=1S/C18H20N4O2/c23-18(21-20-13-17-3-1-2-8-19-17)16-6-4-15(5-7-16)14-22-9-11-24-12-10-22/h1-8,13H,9-12,14H2,(H,21,23)/p+1/b20-13-. The van der Waals surface area contributed by atoms with Gasteiger partial charge in [-0.2, -0.15) is 5.10 Å². The summed E-state index contributed by atoms with van der Waals surface area (Å²) < 4.78 is 5.37. The highest BCUT2D eigenvalue weighted by molar-refractivity contribution is 5.94. The Morgan fingerprint density at radius 1 is 1.21 bits per heavy atom. The van der Waals surface area contributed by atoms with Gasteiger partial charge in [-0.1, -0.05) is 18.2 Å². The molecular formula is C18H21N4O2+. The van der Waals surface area contributed by atoms with Gasteiger partial charge in [0.25, 0.3) is 5.91 Å². The number of aromatic nitrogens is 1. The fourth-order valence-corrected chi connectivity index (χ4v) is 2.57. The lowest BCUT2D eigenvalue weighted by molar-refractivity contribution is -0.921. The molecule has 0 bridgehead atoms. The smallest absolute Gasteiger partial charge is 0.271 e. The van der Waals surface area contributed by atoms with E-state index in [-0.39, 0.29) is 5.91 Å². The highest BCUT2D eigenvalue weighted by atomic mass is 16.5. The second-order valence-electron chi connectivity index (χ2n) is 5.69. The highest BCUT2D eigenvalue weighted by Crippen LogP contribution is 2.03. The number of nitrogens with one attached hydrogen (secondary N) is 2.